The molecule has 0 bridgehead atoms. The Balaban J connectivity index is 2.41. The van der Waals surface area contributed by atoms with E-state index in [1.54, 1.807) is 0 Å². The Kier molecular flexibility index (Phi) is 2.32. The number of nitrogens with two attached hydrogens (primary N) is 1. The molecule has 2 rings (SSSR count). The van der Waals surface area contributed by atoms with Crippen LogP contribution < -0.4 is 5.73 Å². The first-order valence-electron chi connectivity index (χ1n) is 3.83. The third-order valence-corrected chi connectivity index (χ3v) is 1.49. The molecule has 0 spiro atoms. The van der Waals surface area contributed by atoms with Crippen LogP contribution in [0.5, 0.6) is 0 Å². The summed E-state index contributed by atoms with van der Waals surface area (Å²) in [6.07, 6.45) is 0. The lowest BCUT2D eigenvalue weighted by molar-refractivity contribution is -0.459. The maximum atomic E-state index is 11.4. The van der Waals surface area contributed by atoms with Gasteiger partial charge in [-0.15, -0.1) is 4.86 Å². The van der Waals surface area contributed by atoms with E-state index in [-0.39, 0.29) is 16.5 Å². The highest BCUT2D eigenvalue weighted by atomic mass is 16.6. The van der Waals surface area contributed by atoms with Crippen molar-refractivity contribution in [3.63, 3.8) is 0 Å². The first-order valence-corrected chi connectivity index (χ1v) is 3.83. The van der Waals surface area contributed by atoms with E-state index in [9.17, 15) is 15.3 Å². The number of nitrogens with zero attached hydrogens (tertiary/aromatic N) is 7. The number of nitro groups is 1. The number of azo groups is 1. The van der Waals surface area contributed by atoms with Crippen molar-refractivity contribution in [2.24, 2.45) is 5.11 Å². The highest BCUT2D eigenvalue weighted by molar-refractivity contribution is 5.48. The first kappa shape index (κ1) is 10.4. The van der Waals surface area contributed by atoms with E-state index in [2.05, 4.69) is 35.0 Å². The minimum atomic E-state index is -0.962. The molecule has 0 saturated heterocycles. The standard InChI is InChI=1S/C4H2N8O5/c5-1-2(8-16-7-1)6-11(13)3-4(12(14)15)10-17-9-3/h(H2,5,7). The number of hydrogen-bond acceptors (Lipinski definition) is 11. The maximum Gasteiger partial charge on any atom is 0.515 e. The molecule has 0 atom stereocenters. The van der Waals surface area contributed by atoms with E-state index >= 15 is 0 Å². The predicted molar refractivity (Wildman–Crippen MR) is 45.0 cm³/mol. The quantitative estimate of drug-likeness (QED) is 0.328. The van der Waals surface area contributed by atoms with Gasteiger partial charge >= 0.3 is 11.6 Å². The van der Waals surface area contributed by atoms with Gasteiger partial charge in [0.05, 0.1) is 0 Å². The monoisotopic (exact) mass is 242 g/mol. The summed E-state index contributed by atoms with van der Waals surface area (Å²) in [6, 6.07) is 0. The van der Waals surface area contributed by atoms with E-state index in [0.717, 1.165) is 0 Å². The lowest BCUT2D eigenvalue weighted by Crippen LogP contribution is -1.97. The molecule has 0 aliphatic carbocycles. The van der Waals surface area contributed by atoms with Crippen LogP contribution >= 0.6 is 0 Å². The summed E-state index contributed by atoms with van der Waals surface area (Å²) in [5, 5.41) is 37.3. The van der Waals surface area contributed by atoms with Crippen LogP contribution in [-0.2, 0) is 0 Å². The smallest absolute Gasteiger partial charge is 0.515 e. The Hall–Kier alpha value is -3.12. The van der Waals surface area contributed by atoms with Crippen LogP contribution in [0.25, 0.3) is 0 Å². The van der Waals surface area contributed by atoms with Gasteiger partial charge < -0.3 is 21.1 Å². The van der Waals surface area contributed by atoms with Gasteiger partial charge in [-0.25, -0.2) is 4.63 Å². The molecule has 2 heterocycles. The van der Waals surface area contributed by atoms with Gasteiger partial charge in [-0.2, -0.15) is 0 Å². The summed E-state index contributed by atoms with van der Waals surface area (Å²) in [5.74, 6) is -2.25. The zero-order valence-corrected chi connectivity index (χ0v) is 7.75. The molecule has 0 fully saturated rings. The fourth-order valence-corrected chi connectivity index (χ4v) is 0.808. The van der Waals surface area contributed by atoms with Crippen LogP contribution in [-0.4, -0.2) is 30.4 Å². The SMILES string of the molecule is Nc1nonc1N=[N+]([O-])c1nonc1[N+](=O)[O-]. The van der Waals surface area contributed by atoms with Crippen molar-refractivity contribution in [2.45, 2.75) is 0 Å². The molecule has 2 aromatic rings. The number of anilines is 1. The second-order valence-corrected chi connectivity index (χ2v) is 2.51. The summed E-state index contributed by atoms with van der Waals surface area (Å²) in [4.78, 5) is 9.23. The van der Waals surface area contributed by atoms with Crippen LogP contribution in [0.2, 0.25) is 0 Å². The van der Waals surface area contributed by atoms with Crippen molar-refractivity contribution in [3.05, 3.63) is 15.3 Å². The highest BCUT2D eigenvalue weighted by Gasteiger charge is 2.33. The summed E-state index contributed by atoms with van der Waals surface area (Å²) in [5.41, 5.74) is 5.22. The fourth-order valence-electron chi connectivity index (χ4n) is 0.808. The van der Waals surface area contributed by atoms with Gasteiger partial charge in [0.25, 0.3) is 5.82 Å². The van der Waals surface area contributed by atoms with Crippen molar-refractivity contribution < 1.29 is 19.0 Å². The molecule has 0 aromatic carbocycles. The van der Waals surface area contributed by atoms with Crippen molar-refractivity contribution in [2.75, 3.05) is 5.73 Å². The molecule has 0 unspecified atom stereocenters. The minimum absolute atomic E-state index is 0.232. The van der Waals surface area contributed by atoms with Crippen molar-refractivity contribution in [3.8, 4) is 0 Å². The average Bonchev–Trinajstić information content (AvgIpc) is 2.87. The Morgan fingerprint density at radius 2 is 1.76 bits per heavy atom. The first-order chi connectivity index (χ1) is 8.09. The van der Waals surface area contributed by atoms with Gasteiger partial charge in [0.2, 0.25) is 16.1 Å². The van der Waals surface area contributed by atoms with Crippen molar-refractivity contribution in [1.82, 2.24) is 20.6 Å². The van der Waals surface area contributed by atoms with Crippen molar-refractivity contribution >= 4 is 23.3 Å². The number of hydrogen-bond donors (Lipinski definition) is 1. The summed E-state index contributed by atoms with van der Waals surface area (Å²) >= 11 is 0. The Bertz CT molecular complexity index is 584. The van der Waals surface area contributed by atoms with Crippen molar-refractivity contribution in [1.29, 1.82) is 0 Å². The third kappa shape index (κ3) is 1.83. The van der Waals surface area contributed by atoms with Gasteiger partial charge in [-0.05, 0) is 19.9 Å². The van der Waals surface area contributed by atoms with E-state index in [4.69, 9.17) is 5.73 Å². The van der Waals surface area contributed by atoms with Crippen LogP contribution in [0.4, 0.5) is 23.3 Å². The molecular weight excluding hydrogens is 240 g/mol. The zero-order chi connectivity index (χ0) is 12.4. The molecule has 0 radical (unpaired) electrons. The Labute approximate surface area is 90.2 Å². The lowest BCUT2D eigenvalue weighted by atomic mass is 10.6. The van der Waals surface area contributed by atoms with Gasteiger partial charge in [0.1, 0.15) is 0 Å². The van der Waals surface area contributed by atoms with E-state index in [1.807, 2.05) is 0 Å². The number of aromatic nitrogens is 4. The van der Waals surface area contributed by atoms with Crippen LogP contribution in [0, 0.1) is 15.3 Å². The molecule has 2 N–H and O–H groups in total. The molecule has 2 aromatic heterocycles. The van der Waals surface area contributed by atoms with Crippen LogP contribution in [0.15, 0.2) is 14.4 Å². The maximum absolute atomic E-state index is 11.4. The molecule has 13 heteroatoms. The largest absolute Gasteiger partial charge is 0.690 e. The molecule has 17 heavy (non-hydrogen) atoms. The van der Waals surface area contributed by atoms with Gasteiger partial charge in [-0.3, -0.25) is 0 Å². The summed E-state index contributed by atoms with van der Waals surface area (Å²) < 4.78 is 8.21. The lowest BCUT2D eigenvalue weighted by Gasteiger charge is -1.96. The zero-order valence-electron chi connectivity index (χ0n) is 7.75. The topological polar surface area (TPSA) is 185 Å². The minimum Gasteiger partial charge on any atom is -0.690 e. The Morgan fingerprint density at radius 3 is 2.35 bits per heavy atom. The Morgan fingerprint density at radius 1 is 1.12 bits per heavy atom. The van der Waals surface area contributed by atoms with Gasteiger partial charge in [0.15, 0.2) is 0 Å². The molecule has 13 nitrogen and oxygen atoms in total. The molecule has 0 saturated carbocycles. The van der Waals surface area contributed by atoms with Crippen LogP contribution in [0.1, 0.15) is 0 Å². The van der Waals surface area contributed by atoms with E-state index < -0.39 is 16.6 Å². The molecule has 88 valence electrons. The van der Waals surface area contributed by atoms with Gasteiger partial charge in [-0.1, -0.05) is 5.11 Å². The summed E-state index contributed by atoms with van der Waals surface area (Å²) in [7, 11) is 0. The summed E-state index contributed by atoms with van der Waals surface area (Å²) in [6.45, 7) is 0. The molecule has 0 aliphatic rings. The number of nitrogen functional groups attached to an aromatic ring is 1. The van der Waals surface area contributed by atoms with E-state index in [0.29, 0.717) is 0 Å². The van der Waals surface area contributed by atoms with Gasteiger partial charge in [0, 0.05) is 0 Å². The molecule has 0 amide bonds. The fraction of sp³-hybridized carbons (Fsp3) is 0. The average molecular weight is 242 g/mol. The number of rotatable bonds is 3. The van der Waals surface area contributed by atoms with Crippen LogP contribution in [0.3, 0.4) is 0 Å². The molecular formula is C4H2N8O5. The second-order valence-electron chi connectivity index (χ2n) is 2.51. The third-order valence-electron chi connectivity index (χ3n) is 1.49. The highest BCUT2D eigenvalue weighted by Crippen LogP contribution is 2.24. The normalized spacial score (nSPS) is 11.6. The molecule has 0 aliphatic heterocycles. The van der Waals surface area contributed by atoms with E-state index in [1.165, 1.54) is 0 Å². The second kappa shape index (κ2) is 3.80. The predicted octanol–water partition coefficient (Wildman–Crippen LogP) is -0.131.